The van der Waals surface area contributed by atoms with Crippen LogP contribution in [0.2, 0.25) is 0 Å². The third-order valence-electron chi connectivity index (χ3n) is 2.60. The molecule has 0 amide bonds. The summed E-state index contributed by atoms with van der Waals surface area (Å²) in [6.45, 7) is 3.78. The van der Waals surface area contributed by atoms with Crippen molar-refractivity contribution in [3.05, 3.63) is 53.7 Å². The first-order chi connectivity index (χ1) is 9.33. The van der Waals surface area contributed by atoms with Gasteiger partial charge in [-0.2, -0.15) is 5.26 Å². The number of aromatic nitrogens is 1. The van der Waals surface area contributed by atoms with Gasteiger partial charge >= 0.3 is 0 Å². The Labute approximate surface area is 117 Å². The molecule has 0 unspecified atom stereocenters. The van der Waals surface area contributed by atoms with E-state index in [1.165, 1.54) is 11.8 Å². The molecule has 0 aliphatic heterocycles. The first-order valence-electron chi connectivity index (χ1n) is 6.16. The Balaban J connectivity index is 2.19. The third-order valence-corrected chi connectivity index (χ3v) is 3.62. The van der Waals surface area contributed by atoms with E-state index in [1.54, 1.807) is 6.20 Å². The second kappa shape index (κ2) is 6.93. The van der Waals surface area contributed by atoms with Crippen LogP contribution in [0.5, 0.6) is 0 Å². The Kier molecular flexibility index (Phi) is 4.96. The summed E-state index contributed by atoms with van der Waals surface area (Å²) in [5, 5.41) is 13.4. The van der Waals surface area contributed by atoms with Gasteiger partial charge in [-0.3, -0.25) is 0 Å². The van der Waals surface area contributed by atoms with Crippen LogP contribution in [0.1, 0.15) is 18.1 Å². The Hall–Kier alpha value is -1.83. The van der Waals surface area contributed by atoms with Gasteiger partial charge in [0, 0.05) is 17.6 Å². The number of hydrogen-bond donors (Lipinski definition) is 1. The van der Waals surface area contributed by atoms with Crippen molar-refractivity contribution in [3.8, 4) is 6.07 Å². The van der Waals surface area contributed by atoms with Crippen LogP contribution in [0.4, 0.5) is 0 Å². The van der Waals surface area contributed by atoms with Gasteiger partial charge < -0.3 is 5.32 Å². The maximum Gasteiger partial charge on any atom is 0.101 e. The van der Waals surface area contributed by atoms with Gasteiger partial charge in [-0.1, -0.05) is 30.8 Å². The van der Waals surface area contributed by atoms with E-state index in [0.29, 0.717) is 5.56 Å². The lowest BCUT2D eigenvalue weighted by molar-refractivity contribution is 0.726. The van der Waals surface area contributed by atoms with E-state index in [1.807, 2.05) is 30.3 Å². The average molecular weight is 269 g/mol. The van der Waals surface area contributed by atoms with Crippen molar-refractivity contribution in [2.24, 2.45) is 0 Å². The predicted octanol–water partition coefficient (Wildman–Crippen LogP) is 3.21. The molecule has 0 bridgehead atoms. The lowest BCUT2D eigenvalue weighted by Gasteiger charge is -2.06. The summed E-state index contributed by atoms with van der Waals surface area (Å²) in [6.07, 6.45) is 1.76. The number of benzene rings is 1. The summed E-state index contributed by atoms with van der Waals surface area (Å²) < 4.78 is 0. The fourth-order valence-corrected chi connectivity index (χ4v) is 2.49. The molecule has 0 atom stereocenters. The molecule has 1 aromatic carbocycles. The van der Waals surface area contributed by atoms with Gasteiger partial charge in [-0.15, -0.1) is 0 Å². The van der Waals surface area contributed by atoms with Gasteiger partial charge in [-0.05, 0) is 36.4 Å². The van der Waals surface area contributed by atoms with Gasteiger partial charge in [0.05, 0.1) is 5.56 Å². The first-order valence-corrected chi connectivity index (χ1v) is 6.97. The lowest BCUT2D eigenvalue weighted by Crippen LogP contribution is -2.11. The summed E-state index contributed by atoms with van der Waals surface area (Å²) >= 11 is 1.52. The molecular weight excluding hydrogens is 254 g/mol. The largest absolute Gasteiger partial charge is 0.313 e. The molecule has 0 saturated heterocycles. The van der Waals surface area contributed by atoms with Gasteiger partial charge in [0.2, 0.25) is 0 Å². The summed E-state index contributed by atoms with van der Waals surface area (Å²) in [5.74, 6) is 0. The van der Waals surface area contributed by atoms with E-state index in [0.717, 1.165) is 28.6 Å². The van der Waals surface area contributed by atoms with Crippen molar-refractivity contribution >= 4 is 11.8 Å². The van der Waals surface area contributed by atoms with Crippen LogP contribution in [0, 0.1) is 11.3 Å². The van der Waals surface area contributed by atoms with Gasteiger partial charge in [0.15, 0.2) is 0 Å². The minimum atomic E-state index is 0.700. The van der Waals surface area contributed by atoms with Crippen LogP contribution < -0.4 is 5.32 Å². The molecule has 0 radical (unpaired) electrons. The van der Waals surface area contributed by atoms with Crippen molar-refractivity contribution < 1.29 is 0 Å². The molecule has 3 nitrogen and oxygen atoms in total. The molecule has 96 valence electrons. The molecular formula is C15H15N3S. The van der Waals surface area contributed by atoms with Gasteiger partial charge in [-0.25, -0.2) is 4.98 Å². The molecule has 4 heteroatoms. The lowest BCUT2D eigenvalue weighted by atomic mass is 10.1. The Morgan fingerprint density at radius 2 is 2.21 bits per heavy atom. The summed E-state index contributed by atoms with van der Waals surface area (Å²) in [7, 11) is 0. The smallest absolute Gasteiger partial charge is 0.101 e. The minimum absolute atomic E-state index is 0.700. The minimum Gasteiger partial charge on any atom is -0.313 e. The standard InChI is InChI=1S/C15H15N3S/c1-2-17-11-12-6-7-14(13(9-12)10-16)19-15-5-3-4-8-18-15/h3-9,17H,2,11H2,1H3. The molecule has 1 aromatic heterocycles. The first kappa shape index (κ1) is 13.6. The average Bonchev–Trinajstić information content (AvgIpc) is 2.47. The van der Waals surface area contributed by atoms with Crippen LogP contribution in [0.25, 0.3) is 0 Å². The molecule has 0 fully saturated rings. The SMILES string of the molecule is CCNCc1ccc(Sc2ccccn2)c(C#N)c1. The fourth-order valence-electron chi connectivity index (χ4n) is 1.65. The fraction of sp³-hybridized carbons (Fsp3) is 0.200. The van der Waals surface area contributed by atoms with Crippen molar-refractivity contribution in [2.75, 3.05) is 6.54 Å². The summed E-state index contributed by atoms with van der Waals surface area (Å²) in [4.78, 5) is 5.21. The van der Waals surface area contributed by atoms with Gasteiger partial charge in [0.25, 0.3) is 0 Å². The molecule has 1 N–H and O–H groups in total. The van der Waals surface area contributed by atoms with E-state index in [2.05, 4.69) is 29.4 Å². The zero-order valence-electron chi connectivity index (χ0n) is 10.8. The Morgan fingerprint density at radius 3 is 2.89 bits per heavy atom. The summed E-state index contributed by atoms with van der Waals surface area (Å²) in [6, 6.07) is 14.0. The molecule has 2 aromatic rings. The van der Waals surface area contributed by atoms with Crippen LogP contribution in [-0.4, -0.2) is 11.5 Å². The number of rotatable bonds is 5. The van der Waals surface area contributed by atoms with Crippen LogP contribution >= 0.6 is 11.8 Å². The highest BCUT2D eigenvalue weighted by Gasteiger charge is 2.06. The normalized spacial score (nSPS) is 10.1. The van der Waals surface area contributed by atoms with E-state index in [9.17, 15) is 5.26 Å². The van der Waals surface area contributed by atoms with Crippen molar-refractivity contribution in [1.82, 2.24) is 10.3 Å². The zero-order valence-corrected chi connectivity index (χ0v) is 11.6. The molecule has 2 rings (SSSR count). The number of pyridine rings is 1. The van der Waals surface area contributed by atoms with Crippen LogP contribution in [-0.2, 0) is 6.54 Å². The Morgan fingerprint density at radius 1 is 1.32 bits per heavy atom. The van der Waals surface area contributed by atoms with E-state index in [4.69, 9.17) is 0 Å². The Bertz CT molecular complexity index is 576. The van der Waals surface area contributed by atoms with Crippen molar-refractivity contribution in [3.63, 3.8) is 0 Å². The highest BCUT2D eigenvalue weighted by molar-refractivity contribution is 7.99. The zero-order chi connectivity index (χ0) is 13.5. The number of nitriles is 1. The molecule has 0 saturated carbocycles. The predicted molar refractivity (Wildman–Crippen MR) is 76.9 cm³/mol. The highest BCUT2D eigenvalue weighted by atomic mass is 32.2. The number of hydrogen-bond acceptors (Lipinski definition) is 4. The maximum absolute atomic E-state index is 9.24. The topological polar surface area (TPSA) is 48.7 Å². The molecule has 0 aliphatic carbocycles. The monoisotopic (exact) mass is 269 g/mol. The van der Waals surface area contributed by atoms with Crippen LogP contribution in [0.15, 0.2) is 52.5 Å². The van der Waals surface area contributed by atoms with E-state index in [-0.39, 0.29) is 0 Å². The molecule has 0 spiro atoms. The highest BCUT2D eigenvalue weighted by Crippen LogP contribution is 2.29. The number of nitrogens with one attached hydrogen (secondary N) is 1. The van der Waals surface area contributed by atoms with E-state index >= 15 is 0 Å². The van der Waals surface area contributed by atoms with Crippen molar-refractivity contribution in [2.45, 2.75) is 23.4 Å². The third kappa shape index (κ3) is 3.82. The molecule has 1 heterocycles. The quantitative estimate of drug-likeness (QED) is 0.905. The van der Waals surface area contributed by atoms with Crippen molar-refractivity contribution in [1.29, 1.82) is 5.26 Å². The van der Waals surface area contributed by atoms with Crippen LogP contribution in [0.3, 0.4) is 0 Å². The maximum atomic E-state index is 9.24. The summed E-state index contributed by atoms with van der Waals surface area (Å²) in [5.41, 5.74) is 1.83. The van der Waals surface area contributed by atoms with Gasteiger partial charge in [0.1, 0.15) is 11.1 Å². The second-order valence-corrected chi connectivity index (χ2v) is 5.05. The molecule has 0 aliphatic rings. The number of nitrogens with zero attached hydrogens (tertiary/aromatic N) is 2. The second-order valence-electron chi connectivity index (χ2n) is 3.99. The molecule has 19 heavy (non-hydrogen) atoms. The van der Waals surface area contributed by atoms with E-state index < -0.39 is 0 Å².